The topological polar surface area (TPSA) is 99.4 Å². The number of amides is 1. The van der Waals surface area contributed by atoms with Crippen molar-refractivity contribution in [1.29, 1.82) is 0 Å². The number of methoxy groups -OCH3 is 1. The minimum Gasteiger partial charge on any atom is -0.375 e. The van der Waals surface area contributed by atoms with Gasteiger partial charge in [-0.15, -0.1) is 10.2 Å². The van der Waals surface area contributed by atoms with E-state index >= 15 is 0 Å². The Balaban J connectivity index is 1.68. The first-order valence-corrected chi connectivity index (χ1v) is 9.06. The third kappa shape index (κ3) is 3.49. The molecule has 4 rings (SSSR count). The number of primary amides is 1. The van der Waals surface area contributed by atoms with Crippen LogP contribution in [-0.2, 0) is 15.1 Å². The molecule has 1 amide bonds. The third-order valence-electron chi connectivity index (χ3n) is 5.00. The van der Waals surface area contributed by atoms with Crippen molar-refractivity contribution in [3.63, 3.8) is 0 Å². The molecular formula is C21H18F2N4O3. The molecule has 0 atom stereocenters. The quantitative estimate of drug-likeness (QED) is 0.645. The van der Waals surface area contributed by atoms with Crippen LogP contribution in [0.3, 0.4) is 0 Å². The van der Waals surface area contributed by atoms with Gasteiger partial charge in [-0.2, -0.15) is 0 Å². The molecule has 2 heterocycles. The lowest BCUT2D eigenvalue weighted by atomic mass is 9.91. The van der Waals surface area contributed by atoms with Gasteiger partial charge in [0.15, 0.2) is 5.69 Å². The number of nitrogens with one attached hydrogen (secondary N) is 1. The Kier molecular flexibility index (Phi) is 5.15. The van der Waals surface area contributed by atoms with Crippen LogP contribution < -0.4 is 11.1 Å². The summed E-state index contributed by atoms with van der Waals surface area (Å²) in [7, 11) is 1.62. The Morgan fingerprint density at radius 2 is 1.80 bits per heavy atom. The predicted molar refractivity (Wildman–Crippen MR) is 105 cm³/mol. The lowest BCUT2D eigenvalue weighted by molar-refractivity contribution is -0.202. The number of hydrogen-bond donors (Lipinski definition) is 2. The first-order valence-electron chi connectivity index (χ1n) is 9.06. The van der Waals surface area contributed by atoms with E-state index < -0.39 is 23.1 Å². The van der Waals surface area contributed by atoms with Crippen molar-refractivity contribution in [3.05, 3.63) is 71.4 Å². The Labute approximate surface area is 170 Å². The Morgan fingerprint density at radius 3 is 2.33 bits per heavy atom. The van der Waals surface area contributed by atoms with Crippen molar-refractivity contribution in [2.45, 2.75) is 5.60 Å². The molecular weight excluding hydrogens is 394 g/mol. The Hall–Kier alpha value is -3.43. The van der Waals surface area contributed by atoms with E-state index in [1.165, 1.54) is 12.1 Å². The van der Waals surface area contributed by atoms with Crippen LogP contribution >= 0.6 is 0 Å². The number of ether oxygens (including phenoxy) is 2. The standard InChI is InChI=1S/C21H18F2N4O3/c1-29-21(10-30-11-21)12-5-7-13(8-6-12)25-17-9-16(26-27-19(17)20(24)28)18-14(22)3-2-4-15(18)23/h2-9H,10-11H2,1H3,(H2,24,28)(H,25,26). The van der Waals surface area contributed by atoms with Gasteiger partial charge in [0.05, 0.1) is 24.5 Å². The number of aromatic nitrogens is 2. The molecule has 0 radical (unpaired) electrons. The number of rotatable bonds is 6. The zero-order valence-electron chi connectivity index (χ0n) is 16.0. The monoisotopic (exact) mass is 412 g/mol. The second-order valence-electron chi connectivity index (χ2n) is 6.85. The van der Waals surface area contributed by atoms with E-state index in [0.717, 1.165) is 17.7 Å². The zero-order chi connectivity index (χ0) is 21.3. The van der Waals surface area contributed by atoms with Crippen molar-refractivity contribution in [3.8, 4) is 11.3 Å². The van der Waals surface area contributed by atoms with Gasteiger partial charge < -0.3 is 20.5 Å². The number of carbonyl (C=O) groups excluding carboxylic acids is 1. The van der Waals surface area contributed by atoms with Crippen LogP contribution in [-0.4, -0.2) is 36.4 Å². The highest BCUT2D eigenvalue weighted by Gasteiger charge is 2.40. The molecule has 0 saturated carbocycles. The number of nitrogens with zero attached hydrogens (tertiary/aromatic N) is 2. The number of halogens is 2. The summed E-state index contributed by atoms with van der Waals surface area (Å²) < 4.78 is 39.1. The van der Waals surface area contributed by atoms with E-state index in [4.69, 9.17) is 15.2 Å². The van der Waals surface area contributed by atoms with E-state index in [9.17, 15) is 13.6 Å². The minimum atomic E-state index is -0.827. The normalized spacial score (nSPS) is 14.8. The van der Waals surface area contributed by atoms with Gasteiger partial charge in [0.1, 0.15) is 22.9 Å². The molecule has 1 saturated heterocycles. The van der Waals surface area contributed by atoms with E-state index in [0.29, 0.717) is 18.9 Å². The maximum atomic E-state index is 14.1. The summed E-state index contributed by atoms with van der Waals surface area (Å²) in [6, 6.07) is 12.1. The van der Waals surface area contributed by atoms with Crippen molar-refractivity contribution >= 4 is 17.3 Å². The summed E-state index contributed by atoms with van der Waals surface area (Å²) in [6.07, 6.45) is 0. The van der Waals surface area contributed by atoms with Crippen molar-refractivity contribution in [2.75, 3.05) is 25.6 Å². The summed E-state index contributed by atoms with van der Waals surface area (Å²) in [4.78, 5) is 11.8. The Morgan fingerprint density at radius 1 is 1.13 bits per heavy atom. The SMILES string of the molecule is COC1(c2ccc(Nc3cc(-c4c(F)cccc4F)nnc3C(N)=O)cc2)COC1. The maximum Gasteiger partial charge on any atom is 0.271 e. The Bertz CT molecular complexity index is 1080. The molecule has 2 aromatic carbocycles. The molecule has 9 heteroatoms. The van der Waals surface area contributed by atoms with Crippen molar-refractivity contribution < 1.29 is 23.0 Å². The van der Waals surface area contributed by atoms with E-state index in [1.807, 2.05) is 12.1 Å². The van der Waals surface area contributed by atoms with Crippen LogP contribution in [0.15, 0.2) is 48.5 Å². The van der Waals surface area contributed by atoms with Gasteiger partial charge in [-0.3, -0.25) is 4.79 Å². The number of hydrogen-bond acceptors (Lipinski definition) is 6. The zero-order valence-corrected chi connectivity index (χ0v) is 16.0. The smallest absolute Gasteiger partial charge is 0.271 e. The summed E-state index contributed by atoms with van der Waals surface area (Å²) in [5.74, 6) is -2.41. The molecule has 1 aliphatic heterocycles. The lowest BCUT2D eigenvalue weighted by Crippen LogP contribution is -2.48. The second kappa shape index (κ2) is 7.77. The molecule has 1 fully saturated rings. The fourth-order valence-electron chi connectivity index (χ4n) is 3.24. The van der Waals surface area contributed by atoms with Crippen LogP contribution in [0.2, 0.25) is 0 Å². The molecule has 1 aromatic heterocycles. The van der Waals surface area contributed by atoms with E-state index in [-0.39, 0.29) is 22.6 Å². The van der Waals surface area contributed by atoms with Gasteiger partial charge in [0.2, 0.25) is 0 Å². The average Bonchev–Trinajstić information content (AvgIpc) is 2.69. The number of anilines is 2. The van der Waals surface area contributed by atoms with E-state index in [2.05, 4.69) is 15.5 Å². The van der Waals surface area contributed by atoms with Crippen LogP contribution in [0, 0.1) is 11.6 Å². The summed E-state index contributed by atoms with van der Waals surface area (Å²) in [5, 5.41) is 10.6. The molecule has 1 aliphatic rings. The summed E-state index contributed by atoms with van der Waals surface area (Å²) >= 11 is 0. The van der Waals surface area contributed by atoms with Gasteiger partial charge in [0, 0.05) is 12.8 Å². The third-order valence-corrected chi connectivity index (χ3v) is 5.00. The largest absolute Gasteiger partial charge is 0.375 e. The van der Waals surface area contributed by atoms with Gasteiger partial charge in [-0.25, -0.2) is 8.78 Å². The molecule has 0 spiro atoms. The van der Waals surface area contributed by atoms with Gasteiger partial charge in [-0.1, -0.05) is 18.2 Å². The highest BCUT2D eigenvalue weighted by Crippen LogP contribution is 2.34. The fraction of sp³-hybridized carbons (Fsp3) is 0.190. The number of carbonyl (C=O) groups is 1. The van der Waals surface area contributed by atoms with Crippen molar-refractivity contribution in [2.24, 2.45) is 5.73 Å². The van der Waals surface area contributed by atoms with E-state index in [1.54, 1.807) is 19.2 Å². The van der Waals surface area contributed by atoms with Crippen LogP contribution in [0.25, 0.3) is 11.3 Å². The first-order chi connectivity index (χ1) is 14.4. The first kappa shape index (κ1) is 19.9. The van der Waals surface area contributed by atoms with Gasteiger partial charge in [-0.05, 0) is 35.9 Å². The van der Waals surface area contributed by atoms with Crippen molar-refractivity contribution in [1.82, 2.24) is 10.2 Å². The molecule has 3 aromatic rings. The second-order valence-corrected chi connectivity index (χ2v) is 6.85. The predicted octanol–water partition coefficient (Wildman–Crippen LogP) is 3.14. The fourth-order valence-corrected chi connectivity index (χ4v) is 3.24. The molecule has 154 valence electrons. The van der Waals surface area contributed by atoms with Gasteiger partial charge in [0.25, 0.3) is 5.91 Å². The molecule has 0 aliphatic carbocycles. The maximum absolute atomic E-state index is 14.1. The summed E-state index contributed by atoms with van der Waals surface area (Å²) in [6.45, 7) is 0.932. The minimum absolute atomic E-state index is 0.0697. The van der Waals surface area contributed by atoms with Crippen LogP contribution in [0.4, 0.5) is 20.2 Å². The molecule has 7 nitrogen and oxygen atoms in total. The summed E-state index contributed by atoms with van der Waals surface area (Å²) in [5.41, 5.74) is 6.08. The molecule has 0 unspecified atom stereocenters. The molecule has 30 heavy (non-hydrogen) atoms. The number of nitrogens with two attached hydrogens (primary N) is 1. The van der Waals surface area contributed by atoms with Crippen LogP contribution in [0.1, 0.15) is 16.1 Å². The van der Waals surface area contributed by atoms with Crippen LogP contribution in [0.5, 0.6) is 0 Å². The molecule has 0 bridgehead atoms. The lowest BCUT2D eigenvalue weighted by Gasteiger charge is -2.40. The number of benzene rings is 2. The van der Waals surface area contributed by atoms with Gasteiger partial charge >= 0.3 is 0 Å². The molecule has 3 N–H and O–H groups in total. The highest BCUT2D eigenvalue weighted by atomic mass is 19.1. The highest BCUT2D eigenvalue weighted by molar-refractivity contribution is 5.97. The average molecular weight is 412 g/mol.